The fourth-order valence-corrected chi connectivity index (χ4v) is 4.32. The highest BCUT2D eigenvalue weighted by Gasteiger charge is 2.25. The van der Waals surface area contributed by atoms with Gasteiger partial charge in [-0.3, -0.25) is 4.98 Å². The molecule has 0 aromatic carbocycles. The summed E-state index contributed by atoms with van der Waals surface area (Å²) >= 11 is 1.74. The molecule has 2 N–H and O–H groups in total. The van der Waals surface area contributed by atoms with Gasteiger partial charge in [0, 0.05) is 17.6 Å². The van der Waals surface area contributed by atoms with Crippen molar-refractivity contribution >= 4 is 27.4 Å². The van der Waals surface area contributed by atoms with E-state index in [9.17, 15) is 0 Å². The monoisotopic (exact) mass is 284 g/mol. The van der Waals surface area contributed by atoms with Crippen molar-refractivity contribution in [1.82, 2.24) is 14.5 Å². The number of nitrogens with two attached hydrogens (primary N) is 1. The van der Waals surface area contributed by atoms with Gasteiger partial charge in [-0.05, 0) is 37.8 Å². The van der Waals surface area contributed by atoms with Gasteiger partial charge in [0.1, 0.15) is 11.3 Å². The predicted molar refractivity (Wildman–Crippen MR) is 83.0 cm³/mol. The second-order valence-electron chi connectivity index (χ2n) is 5.14. The van der Waals surface area contributed by atoms with Gasteiger partial charge in [-0.25, -0.2) is 4.98 Å². The van der Waals surface area contributed by atoms with Crippen molar-refractivity contribution in [3.05, 3.63) is 28.9 Å². The van der Waals surface area contributed by atoms with Crippen molar-refractivity contribution in [2.24, 2.45) is 0 Å². The molecule has 102 valence electrons. The van der Waals surface area contributed by atoms with E-state index in [1.54, 1.807) is 11.3 Å². The van der Waals surface area contributed by atoms with Gasteiger partial charge in [0.15, 0.2) is 0 Å². The van der Waals surface area contributed by atoms with Gasteiger partial charge in [-0.1, -0.05) is 0 Å². The zero-order valence-electron chi connectivity index (χ0n) is 11.4. The number of anilines is 1. The summed E-state index contributed by atoms with van der Waals surface area (Å²) < 4.78 is 2.24. The maximum atomic E-state index is 6.28. The van der Waals surface area contributed by atoms with Crippen LogP contribution in [-0.4, -0.2) is 14.5 Å². The molecule has 0 fully saturated rings. The third-order valence-electron chi connectivity index (χ3n) is 4.04. The van der Waals surface area contributed by atoms with E-state index >= 15 is 0 Å². The number of hydrogen-bond acceptors (Lipinski definition) is 4. The number of hydrogen-bond donors (Lipinski definition) is 1. The maximum Gasteiger partial charge on any atom is 0.144 e. The molecule has 0 radical (unpaired) electrons. The standard InChI is InChI=1S/C15H16N4S/c1-2-19-11-6-7-17-8-10(11)18-15(19)13-9-4-3-5-12(9)20-14(13)16/h6-8H,2-5,16H2,1H3. The lowest BCUT2D eigenvalue weighted by molar-refractivity contribution is 0.795. The Balaban J connectivity index is 2.03. The molecule has 3 aromatic heterocycles. The molecule has 4 nitrogen and oxygen atoms in total. The zero-order chi connectivity index (χ0) is 13.7. The molecule has 0 atom stereocenters. The van der Waals surface area contributed by atoms with Crippen molar-refractivity contribution in [2.75, 3.05) is 5.73 Å². The minimum absolute atomic E-state index is 0.889. The average molecular weight is 284 g/mol. The molecule has 0 aliphatic heterocycles. The lowest BCUT2D eigenvalue weighted by atomic mass is 10.1. The zero-order valence-corrected chi connectivity index (χ0v) is 12.2. The molecule has 0 spiro atoms. The van der Waals surface area contributed by atoms with E-state index in [2.05, 4.69) is 16.5 Å². The van der Waals surface area contributed by atoms with E-state index in [1.807, 2.05) is 18.5 Å². The molecule has 0 bridgehead atoms. The summed E-state index contributed by atoms with van der Waals surface area (Å²) in [7, 11) is 0. The molecule has 3 heterocycles. The fraction of sp³-hybridized carbons (Fsp3) is 0.333. The van der Waals surface area contributed by atoms with Crippen LogP contribution in [0.5, 0.6) is 0 Å². The Kier molecular flexibility index (Phi) is 2.57. The summed E-state index contributed by atoms with van der Waals surface area (Å²) in [4.78, 5) is 10.4. The first-order valence-electron chi connectivity index (χ1n) is 7.00. The van der Waals surface area contributed by atoms with E-state index in [0.717, 1.165) is 41.2 Å². The van der Waals surface area contributed by atoms with E-state index in [0.29, 0.717) is 0 Å². The largest absolute Gasteiger partial charge is 0.390 e. The molecule has 1 aliphatic rings. The molecule has 20 heavy (non-hydrogen) atoms. The van der Waals surface area contributed by atoms with Crippen LogP contribution < -0.4 is 5.73 Å². The highest BCUT2D eigenvalue weighted by Crippen LogP contribution is 2.43. The van der Waals surface area contributed by atoms with Crippen molar-refractivity contribution in [2.45, 2.75) is 32.7 Å². The van der Waals surface area contributed by atoms with Gasteiger partial charge < -0.3 is 10.3 Å². The van der Waals surface area contributed by atoms with Crippen molar-refractivity contribution in [3.63, 3.8) is 0 Å². The smallest absolute Gasteiger partial charge is 0.144 e. The van der Waals surface area contributed by atoms with Gasteiger partial charge in [-0.2, -0.15) is 0 Å². The Bertz CT molecular complexity index is 800. The highest BCUT2D eigenvalue weighted by atomic mass is 32.1. The number of nitrogen functional groups attached to an aromatic ring is 1. The van der Waals surface area contributed by atoms with Gasteiger partial charge in [-0.15, -0.1) is 11.3 Å². The first-order valence-corrected chi connectivity index (χ1v) is 7.82. The van der Waals surface area contributed by atoms with Gasteiger partial charge in [0.2, 0.25) is 0 Å². The molecule has 5 heteroatoms. The lowest BCUT2D eigenvalue weighted by Gasteiger charge is -2.07. The third kappa shape index (κ3) is 1.53. The summed E-state index contributed by atoms with van der Waals surface area (Å²) in [6.45, 7) is 3.04. The number of fused-ring (bicyclic) bond motifs is 2. The second-order valence-corrected chi connectivity index (χ2v) is 6.28. The van der Waals surface area contributed by atoms with Crippen LogP contribution in [0.1, 0.15) is 23.8 Å². The molecular formula is C15H16N4S. The Morgan fingerprint density at radius 2 is 2.30 bits per heavy atom. The van der Waals surface area contributed by atoms with Crippen LogP contribution in [0.25, 0.3) is 22.4 Å². The van der Waals surface area contributed by atoms with Crippen LogP contribution in [0, 0.1) is 0 Å². The maximum absolute atomic E-state index is 6.28. The number of aromatic nitrogens is 3. The topological polar surface area (TPSA) is 56.7 Å². The van der Waals surface area contributed by atoms with Crippen LogP contribution in [0.3, 0.4) is 0 Å². The second kappa shape index (κ2) is 4.31. The third-order valence-corrected chi connectivity index (χ3v) is 5.16. The van der Waals surface area contributed by atoms with Crippen LogP contribution >= 0.6 is 11.3 Å². The van der Waals surface area contributed by atoms with E-state index in [1.165, 1.54) is 22.4 Å². The molecule has 3 aromatic rings. The van der Waals surface area contributed by atoms with Crippen LogP contribution in [0.4, 0.5) is 5.00 Å². The average Bonchev–Trinajstić information content (AvgIpc) is 3.09. The molecule has 1 aliphatic carbocycles. The summed E-state index contributed by atoms with van der Waals surface area (Å²) in [5.41, 5.74) is 10.9. The summed E-state index contributed by atoms with van der Waals surface area (Å²) in [5, 5.41) is 0.910. The minimum Gasteiger partial charge on any atom is -0.390 e. The Hall–Kier alpha value is -1.88. The number of rotatable bonds is 2. The molecule has 0 unspecified atom stereocenters. The number of aryl methyl sites for hydroxylation is 2. The van der Waals surface area contributed by atoms with Crippen molar-refractivity contribution in [3.8, 4) is 11.4 Å². The molecule has 0 saturated carbocycles. The number of pyridine rings is 1. The minimum atomic E-state index is 0.889. The Morgan fingerprint density at radius 3 is 3.15 bits per heavy atom. The summed E-state index contributed by atoms with van der Waals surface area (Å²) in [5.74, 6) is 1.01. The van der Waals surface area contributed by atoms with Gasteiger partial charge in [0.05, 0.1) is 22.3 Å². The lowest BCUT2D eigenvalue weighted by Crippen LogP contribution is -2.00. The first-order chi connectivity index (χ1) is 9.79. The van der Waals surface area contributed by atoms with E-state index in [4.69, 9.17) is 10.7 Å². The van der Waals surface area contributed by atoms with Gasteiger partial charge >= 0.3 is 0 Å². The SMILES string of the molecule is CCn1c(-c2c(N)sc3c2CCC3)nc2cnccc21. The Morgan fingerprint density at radius 1 is 1.40 bits per heavy atom. The van der Waals surface area contributed by atoms with Crippen molar-refractivity contribution < 1.29 is 0 Å². The molecule has 0 amide bonds. The number of nitrogens with zero attached hydrogens (tertiary/aromatic N) is 3. The molecular weight excluding hydrogens is 268 g/mol. The van der Waals surface area contributed by atoms with E-state index in [-0.39, 0.29) is 0 Å². The van der Waals surface area contributed by atoms with E-state index < -0.39 is 0 Å². The first kappa shape index (κ1) is 11.9. The summed E-state index contributed by atoms with van der Waals surface area (Å²) in [6.07, 6.45) is 7.18. The normalized spacial score (nSPS) is 14.1. The van der Waals surface area contributed by atoms with Crippen LogP contribution in [0.2, 0.25) is 0 Å². The number of imidazole rings is 1. The van der Waals surface area contributed by atoms with Crippen molar-refractivity contribution in [1.29, 1.82) is 0 Å². The fourth-order valence-electron chi connectivity index (χ4n) is 3.16. The number of thiophene rings is 1. The molecule has 4 rings (SSSR count). The van der Waals surface area contributed by atoms with Gasteiger partial charge in [0.25, 0.3) is 0 Å². The predicted octanol–water partition coefficient (Wildman–Crippen LogP) is 3.25. The van der Waals surface area contributed by atoms with Crippen LogP contribution in [-0.2, 0) is 19.4 Å². The van der Waals surface area contributed by atoms with Crippen LogP contribution in [0.15, 0.2) is 18.5 Å². The summed E-state index contributed by atoms with van der Waals surface area (Å²) in [6, 6.07) is 2.03. The quantitative estimate of drug-likeness (QED) is 0.786. The molecule has 0 saturated heterocycles. The Labute approximate surface area is 121 Å². The highest BCUT2D eigenvalue weighted by molar-refractivity contribution is 7.16.